The maximum absolute atomic E-state index is 3.71. The van der Waals surface area contributed by atoms with E-state index in [0.29, 0.717) is 11.6 Å². The first-order chi connectivity index (χ1) is 7.98. The van der Waals surface area contributed by atoms with Crippen LogP contribution < -0.4 is 5.32 Å². The van der Waals surface area contributed by atoms with E-state index in [1.54, 1.807) is 0 Å². The molecule has 2 heteroatoms. The predicted molar refractivity (Wildman–Crippen MR) is 76.4 cm³/mol. The van der Waals surface area contributed by atoms with Crippen molar-refractivity contribution < 1.29 is 0 Å². The third-order valence-electron chi connectivity index (χ3n) is 4.26. The zero-order chi connectivity index (χ0) is 12.9. The van der Waals surface area contributed by atoms with Gasteiger partial charge in [-0.2, -0.15) is 0 Å². The van der Waals surface area contributed by atoms with Crippen LogP contribution >= 0.6 is 0 Å². The lowest BCUT2D eigenvalue weighted by Gasteiger charge is -2.43. The number of rotatable bonds is 7. The van der Waals surface area contributed by atoms with Crippen LogP contribution in [0.4, 0.5) is 0 Å². The van der Waals surface area contributed by atoms with Gasteiger partial charge in [-0.3, -0.25) is 4.90 Å². The smallest absolute Gasteiger partial charge is 0.0306 e. The van der Waals surface area contributed by atoms with Gasteiger partial charge in [-0.1, -0.05) is 20.8 Å². The third kappa shape index (κ3) is 4.26. The molecule has 1 aliphatic heterocycles. The molecule has 1 rings (SSSR count). The third-order valence-corrected chi connectivity index (χ3v) is 4.26. The van der Waals surface area contributed by atoms with E-state index in [4.69, 9.17) is 0 Å². The molecule has 0 aromatic carbocycles. The van der Waals surface area contributed by atoms with Crippen molar-refractivity contribution in [3.63, 3.8) is 0 Å². The SMILES string of the molecule is CCNC(CCC(C)C)C(C)(C)N1CCCC1. The van der Waals surface area contributed by atoms with Gasteiger partial charge in [0.05, 0.1) is 0 Å². The highest BCUT2D eigenvalue weighted by Gasteiger charge is 2.35. The molecule has 1 heterocycles. The van der Waals surface area contributed by atoms with Gasteiger partial charge in [-0.25, -0.2) is 0 Å². The van der Waals surface area contributed by atoms with Gasteiger partial charge in [0, 0.05) is 11.6 Å². The van der Waals surface area contributed by atoms with E-state index in [-0.39, 0.29) is 0 Å². The van der Waals surface area contributed by atoms with Crippen molar-refractivity contribution in [3.8, 4) is 0 Å². The van der Waals surface area contributed by atoms with Crippen LogP contribution in [-0.4, -0.2) is 36.1 Å². The first kappa shape index (κ1) is 15.0. The van der Waals surface area contributed by atoms with Crippen molar-refractivity contribution in [2.75, 3.05) is 19.6 Å². The maximum atomic E-state index is 3.71. The predicted octanol–water partition coefficient (Wildman–Crippen LogP) is 3.28. The second kappa shape index (κ2) is 6.75. The van der Waals surface area contributed by atoms with Gasteiger partial charge in [-0.05, 0) is 65.1 Å². The van der Waals surface area contributed by atoms with E-state index in [9.17, 15) is 0 Å². The number of hydrogen-bond acceptors (Lipinski definition) is 2. The van der Waals surface area contributed by atoms with Gasteiger partial charge >= 0.3 is 0 Å². The molecule has 17 heavy (non-hydrogen) atoms. The van der Waals surface area contributed by atoms with Gasteiger partial charge in [0.1, 0.15) is 0 Å². The molecule has 1 unspecified atom stereocenters. The fourth-order valence-electron chi connectivity index (χ4n) is 2.97. The minimum Gasteiger partial charge on any atom is -0.312 e. The Morgan fingerprint density at radius 1 is 1.12 bits per heavy atom. The first-order valence-electron chi connectivity index (χ1n) is 7.47. The van der Waals surface area contributed by atoms with Gasteiger partial charge in [0.15, 0.2) is 0 Å². The molecule has 1 fully saturated rings. The highest BCUT2D eigenvalue weighted by atomic mass is 15.2. The molecule has 0 aliphatic carbocycles. The van der Waals surface area contributed by atoms with Crippen LogP contribution in [0.5, 0.6) is 0 Å². The number of nitrogens with zero attached hydrogens (tertiary/aromatic N) is 1. The molecule has 0 bridgehead atoms. The van der Waals surface area contributed by atoms with Crippen molar-refractivity contribution in [3.05, 3.63) is 0 Å². The maximum Gasteiger partial charge on any atom is 0.0306 e. The Balaban J connectivity index is 2.59. The van der Waals surface area contributed by atoms with Crippen LogP contribution in [-0.2, 0) is 0 Å². The Labute approximate surface area is 108 Å². The molecule has 102 valence electrons. The van der Waals surface area contributed by atoms with Crippen molar-refractivity contribution >= 4 is 0 Å². The summed E-state index contributed by atoms with van der Waals surface area (Å²) in [5, 5.41) is 3.71. The van der Waals surface area contributed by atoms with E-state index in [1.165, 1.54) is 38.8 Å². The summed E-state index contributed by atoms with van der Waals surface area (Å²) in [6.45, 7) is 15.4. The molecular weight excluding hydrogens is 208 g/mol. The molecule has 0 spiro atoms. The van der Waals surface area contributed by atoms with Crippen molar-refractivity contribution in [2.45, 2.75) is 71.9 Å². The summed E-state index contributed by atoms with van der Waals surface area (Å²) in [5.41, 5.74) is 0.307. The topological polar surface area (TPSA) is 15.3 Å². The summed E-state index contributed by atoms with van der Waals surface area (Å²) in [6, 6.07) is 0.632. The number of nitrogens with one attached hydrogen (secondary N) is 1. The molecule has 0 aromatic heterocycles. The molecule has 1 N–H and O–H groups in total. The molecule has 1 atom stereocenters. The first-order valence-corrected chi connectivity index (χ1v) is 7.47. The van der Waals surface area contributed by atoms with E-state index in [2.05, 4.69) is 44.8 Å². The Morgan fingerprint density at radius 3 is 2.18 bits per heavy atom. The highest BCUT2D eigenvalue weighted by Crippen LogP contribution is 2.27. The molecule has 0 radical (unpaired) electrons. The second-order valence-electron chi connectivity index (χ2n) is 6.43. The quantitative estimate of drug-likeness (QED) is 0.735. The number of likely N-dealkylation sites (tertiary alicyclic amines) is 1. The largest absolute Gasteiger partial charge is 0.312 e. The monoisotopic (exact) mass is 240 g/mol. The van der Waals surface area contributed by atoms with Gasteiger partial charge in [0.25, 0.3) is 0 Å². The van der Waals surface area contributed by atoms with E-state index >= 15 is 0 Å². The lowest BCUT2D eigenvalue weighted by atomic mass is 9.87. The van der Waals surface area contributed by atoms with Gasteiger partial charge in [0.2, 0.25) is 0 Å². The van der Waals surface area contributed by atoms with E-state index in [0.717, 1.165) is 12.5 Å². The van der Waals surface area contributed by atoms with Crippen LogP contribution in [0.15, 0.2) is 0 Å². The zero-order valence-electron chi connectivity index (χ0n) is 12.6. The molecule has 0 amide bonds. The van der Waals surface area contributed by atoms with Crippen molar-refractivity contribution in [1.29, 1.82) is 0 Å². The number of likely N-dealkylation sites (N-methyl/N-ethyl adjacent to an activating group) is 1. The minimum atomic E-state index is 0.307. The lowest BCUT2D eigenvalue weighted by molar-refractivity contribution is 0.100. The van der Waals surface area contributed by atoms with Crippen LogP contribution in [0.25, 0.3) is 0 Å². The molecule has 1 aliphatic rings. The Kier molecular flexibility index (Phi) is 5.94. The summed E-state index contributed by atoms with van der Waals surface area (Å²) in [6.07, 6.45) is 5.39. The van der Waals surface area contributed by atoms with E-state index in [1.807, 2.05) is 0 Å². The number of hydrogen-bond donors (Lipinski definition) is 1. The van der Waals surface area contributed by atoms with Gasteiger partial charge in [-0.15, -0.1) is 0 Å². The average molecular weight is 240 g/mol. The normalized spacial score (nSPS) is 20.1. The van der Waals surface area contributed by atoms with Gasteiger partial charge < -0.3 is 5.32 Å². The van der Waals surface area contributed by atoms with Crippen molar-refractivity contribution in [2.24, 2.45) is 5.92 Å². The molecule has 1 saturated heterocycles. The summed E-state index contributed by atoms with van der Waals surface area (Å²) in [4.78, 5) is 2.68. The second-order valence-corrected chi connectivity index (χ2v) is 6.43. The summed E-state index contributed by atoms with van der Waals surface area (Å²) >= 11 is 0. The van der Waals surface area contributed by atoms with E-state index < -0.39 is 0 Å². The van der Waals surface area contributed by atoms with Crippen molar-refractivity contribution in [1.82, 2.24) is 10.2 Å². The fourth-order valence-corrected chi connectivity index (χ4v) is 2.97. The highest BCUT2D eigenvalue weighted by molar-refractivity contribution is 4.95. The molecular formula is C15H32N2. The van der Waals surface area contributed by atoms with Crippen LogP contribution in [0, 0.1) is 5.92 Å². The fraction of sp³-hybridized carbons (Fsp3) is 1.00. The van der Waals surface area contributed by atoms with Crippen LogP contribution in [0.2, 0.25) is 0 Å². The summed E-state index contributed by atoms with van der Waals surface area (Å²) in [5.74, 6) is 0.811. The Morgan fingerprint density at radius 2 is 1.71 bits per heavy atom. The average Bonchev–Trinajstić information content (AvgIpc) is 2.77. The van der Waals surface area contributed by atoms with Crippen LogP contribution in [0.1, 0.15) is 60.3 Å². The summed E-state index contributed by atoms with van der Waals surface area (Å²) in [7, 11) is 0. The Bertz CT molecular complexity index is 205. The molecule has 0 aromatic rings. The minimum absolute atomic E-state index is 0.307. The zero-order valence-corrected chi connectivity index (χ0v) is 12.6. The van der Waals surface area contributed by atoms with Crippen LogP contribution in [0.3, 0.4) is 0 Å². The standard InChI is InChI=1S/C15H32N2/c1-6-16-14(10-9-13(2)3)15(4,5)17-11-7-8-12-17/h13-14,16H,6-12H2,1-5H3. The summed E-state index contributed by atoms with van der Waals surface area (Å²) < 4.78 is 0. The lowest BCUT2D eigenvalue weighted by Crippen LogP contribution is -2.56. The molecule has 2 nitrogen and oxygen atoms in total. The Hall–Kier alpha value is -0.0800. The molecule has 0 saturated carbocycles.